The molecule has 0 bridgehead atoms. The van der Waals surface area contributed by atoms with Crippen LogP contribution in [0.4, 0.5) is 4.39 Å². The number of halogens is 1. The van der Waals surface area contributed by atoms with Crippen molar-refractivity contribution in [3.05, 3.63) is 118 Å². The lowest BCUT2D eigenvalue weighted by Gasteiger charge is -2.16. The number of aromatic nitrogens is 1. The Morgan fingerprint density at radius 3 is 1.93 bits per heavy atom. The van der Waals surface area contributed by atoms with Crippen LogP contribution in [0.3, 0.4) is 0 Å². The minimum atomic E-state index is -0.785. The van der Waals surface area contributed by atoms with E-state index in [2.05, 4.69) is 12.1 Å². The van der Waals surface area contributed by atoms with Crippen LogP contribution in [0, 0.1) is 5.41 Å². The molecule has 0 atom stereocenters. The molecular weight excluding hydrogens is 375 g/mol. The van der Waals surface area contributed by atoms with E-state index < -0.39 is 6.67 Å². The van der Waals surface area contributed by atoms with Gasteiger partial charge in [0, 0.05) is 6.21 Å². The topological polar surface area (TPSA) is 45.9 Å². The lowest BCUT2D eigenvalue weighted by Crippen LogP contribution is -2.27. The third kappa shape index (κ3) is 3.85. The molecule has 148 valence electrons. The van der Waals surface area contributed by atoms with Crippen LogP contribution in [0.2, 0.25) is 0 Å². The molecule has 0 spiro atoms. The van der Waals surface area contributed by atoms with Crippen molar-refractivity contribution in [1.82, 2.24) is 4.57 Å². The normalized spacial score (nSPS) is 10.7. The highest BCUT2D eigenvalue weighted by atomic mass is 19.1. The minimum absolute atomic E-state index is 0.0955. The van der Waals surface area contributed by atoms with Crippen molar-refractivity contribution >= 4 is 6.21 Å². The highest BCUT2D eigenvalue weighted by molar-refractivity contribution is 5.80. The van der Waals surface area contributed by atoms with Crippen LogP contribution in [0.25, 0.3) is 22.4 Å². The predicted molar refractivity (Wildman–Crippen MR) is 120 cm³/mol. The molecule has 0 saturated heterocycles. The highest BCUT2D eigenvalue weighted by Crippen LogP contribution is 2.23. The molecule has 0 amide bonds. The van der Waals surface area contributed by atoms with Gasteiger partial charge in [0.1, 0.15) is 6.67 Å². The maximum Gasteiger partial charge on any atom is 0.260 e. The second-order valence-corrected chi connectivity index (χ2v) is 7.07. The summed E-state index contributed by atoms with van der Waals surface area (Å²) in [6, 6.07) is 29.3. The summed E-state index contributed by atoms with van der Waals surface area (Å²) < 4.78 is 15.2. The zero-order valence-electron chi connectivity index (χ0n) is 16.4. The summed E-state index contributed by atoms with van der Waals surface area (Å²) in [6.07, 6.45) is 0.945. The molecule has 0 fully saturated rings. The van der Waals surface area contributed by atoms with Gasteiger partial charge in [-0.2, -0.15) is 0 Å². The van der Waals surface area contributed by atoms with Gasteiger partial charge in [0.25, 0.3) is 5.56 Å². The molecule has 0 aliphatic carbocycles. The average Bonchev–Trinajstić information content (AvgIpc) is 2.81. The fourth-order valence-corrected chi connectivity index (χ4v) is 3.60. The van der Waals surface area contributed by atoms with Gasteiger partial charge in [0.05, 0.1) is 17.8 Å². The van der Waals surface area contributed by atoms with Crippen molar-refractivity contribution in [2.75, 3.05) is 0 Å². The van der Waals surface area contributed by atoms with Crippen LogP contribution >= 0.6 is 0 Å². The number of alkyl halides is 1. The second-order valence-electron chi connectivity index (χ2n) is 7.07. The zero-order valence-corrected chi connectivity index (χ0v) is 16.4. The molecule has 3 aromatic carbocycles. The van der Waals surface area contributed by atoms with Crippen molar-refractivity contribution in [2.24, 2.45) is 0 Å². The van der Waals surface area contributed by atoms with Gasteiger partial charge in [-0.25, -0.2) is 4.39 Å². The predicted octanol–water partition coefficient (Wildman–Crippen LogP) is 5.70. The van der Waals surface area contributed by atoms with Crippen LogP contribution in [-0.2, 0) is 13.2 Å². The zero-order chi connectivity index (χ0) is 20.9. The number of nitrogens with one attached hydrogen (secondary N) is 1. The summed E-state index contributed by atoms with van der Waals surface area (Å²) in [5, 5.41) is 7.60. The Kier molecular flexibility index (Phi) is 5.66. The molecule has 0 saturated carbocycles. The van der Waals surface area contributed by atoms with Gasteiger partial charge in [-0.05, 0) is 33.9 Å². The van der Waals surface area contributed by atoms with Crippen molar-refractivity contribution in [2.45, 2.75) is 13.2 Å². The highest BCUT2D eigenvalue weighted by Gasteiger charge is 2.15. The lowest BCUT2D eigenvalue weighted by atomic mass is 10.0. The van der Waals surface area contributed by atoms with E-state index in [4.69, 9.17) is 5.41 Å². The molecule has 3 nitrogen and oxygen atoms in total. The molecular formula is C26H21FN2O. The molecule has 4 rings (SSSR count). The molecule has 1 N–H and O–H groups in total. The van der Waals surface area contributed by atoms with Gasteiger partial charge in [0.15, 0.2) is 0 Å². The number of rotatable bonds is 6. The van der Waals surface area contributed by atoms with Gasteiger partial charge < -0.3 is 9.98 Å². The fourth-order valence-electron chi connectivity index (χ4n) is 3.60. The third-order valence-electron chi connectivity index (χ3n) is 5.18. The smallest absolute Gasteiger partial charge is 0.260 e. The molecule has 4 heteroatoms. The number of hydrogen-bond donors (Lipinski definition) is 1. The van der Waals surface area contributed by atoms with Gasteiger partial charge in [-0.15, -0.1) is 0 Å². The van der Waals surface area contributed by atoms with E-state index in [1.165, 1.54) is 0 Å². The lowest BCUT2D eigenvalue weighted by molar-refractivity contribution is 0.483. The van der Waals surface area contributed by atoms with E-state index in [1.54, 1.807) is 10.6 Å². The molecule has 0 aliphatic heterocycles. The largest absolute Gasteiger partial charge is 0.308 e. The fraction of sp³-hybridized carbons (Fsp3) is 0.0769. The average molecular weight is 396 g/mol. The molecule has 4 aromatic rings. The van der Waals surface area contributed by atoms with Crippen molar-refractivity contribution in [3.8, 4) is 22.4 Å². The maximum absolute atomic E-state index is 13.6. The molecule has 0 aliphatic rings. The summed E-state index contributed by atoms with van der Waals surface area (Å²) in [5.41, 5.74) is 4.65. The summed E-state index contributed by atoms with van der Waals surface area (Å²) in [6.45, 7) is -0.446. The van der Waals surface area contributed by atoms with Crippen LogP contribution in [-0.4, -0.2) is 10.8 Å². The standard InChI is InChI=1S/C26H21FN2O/c27-16-23-15-25(22-9-5-2-6-10-22)29(26(30)24(23)17-28)18-19-11-13-21(14-12-19)20-7-3-1-4-8-20/h1-15,17,28H,16,18H2. The first-order valence-corrected chi connectivity index (χ1v) is 9.74. The van der Waals surface area contributed by atoms with Gasteiger partial charge >= 0.3 is 0 Å². The number of benzene rings is 3. The summed E-state index contributed by atoms with van der Waals surface area (Å²) in [7, 11) is 0. The number of pyridine rings is 1. The van der Waals surface area contributed by atoms with Crippen LogP contribution < -0.4 is 5.56 Å². The van der Waals surface area contributed by atoms with Gasteiger partial charge in [-0.1, -0.05) is 84.9 Å². The first-order chi connectivity index (χ1) is 14.7. The van der Waals surface area contributed by atoms with Gasteiger partial charge in [-0.3, -0.25) is 4.79 Å². The van der Waals surface area contributed by atoms with E-state index in [1.807, 2.05) is 72.8 Å². The summed E-state index contributed by atoms with van der Waals surface area (Å²) >= 11 is 0. The van der Waals surface area contributed by atoms with Crippen molar-refractivity contribution in [1.29, 1.82) is 5.41 Å². The Morgan fingerprint density at radius 1 is 0.800 bits per heavy atom. The Balaban J connectivity index is 1.78. The summed E-state index contributed by atoms with van der Waals surface area (Å²) in [5.74, 6) is 0. The van der Waals surface area contributed by atoms with Crippen LogP contribution in [0.15, 0.2) is 95.8 Å². The quantitative estimate of drug-likeness (QED) is 0.418. The van der Waals surface area contributed by atoms with Crippen molar-refractivity contribution < 1.29 is 4.39 Å². The maximum atomic E-state index is 13.6. The number of nitrogens with zero attached hydrogens (tertiary/aromatic N) is 1. The summed E-state index contributed by atoms with van der Waals surface area (Å²) in [4.78, 5) is 13.1. The van der Waals surface area contributed by atoms with Crippen LogP contribution in [0.1, 0.15) is 16.7 Å². The molecule has 1 aromatic heterocycles. The van der Waals surface area contributed by atoms with E-state index in [-0.39, 0.29) is 16.7 Å². The van der Waals surface area contributed by atoms with Gasteiger partial charge in [0.2, 0.25) is 0 Å². The Bertz CT molecular complexity index is 1210. The molecule has 1 heterocycles. The Labute approximate surface area is 174 Å². The van der Waals surface area contributed by atoms with Crippen LogP contribution in [0.5, 0.6) is 0 Å². The van der Waals surface area contributed by atoms with E-state index >= 15 is 0 Å². The van der Waals surface area contributed by atoms with E-state index in [9.17, 15) is 9.18 Å². The molecule has 30 heavy (non-hydrogen) atoms. The Morgan fingerprint density at radius 2 is 1.37 bits per heavy atom. The monoisotopic (exact) mass is 396 g/mol. The van der Waals surface area contributed by atoms with Crippen molar-refractivity contribution in [3.63, 3.8) is 0 Å². The minimum Gasteiger partial charge on any atom is -0.308 e. The first kappa shape index (κ1) is 19.5. The molecule has 0 radical (unpaired) electrons. The van der Waals surface area contributed by atoms with E-state index in [0.717, 1.165) is 28.5 Å². The third-order valence-corrected chi connectivity index (χ3v) is 5.18. The number of hydrogen-bond acceptors (Lipinski definition) is 2. The SMILES string of the molecule is N=Cc1c(CF)cc(-c2ccccc2)n(Cc2ccc(-c3ccccc3)cc2)c1=O. The Hall–Kier alpha value is -3.79. The molecule has 0 unspecified atom stereocenters. The second kappa shape index (κ2) is 8.70. The first-order valence-electron chi connectivity index (χ1n) is 9.74. The van der Waals surface area contributed by atoms with E-state index in [0.29, 0.717) is 12.2 Å².